The SMILES string of the molecule is Cc1onc(-c2c(F)cccc2Cl)c1C(=O)N1CCCCC[C@H]1c1ccn(C)n1. The van der Waals surface area contributed by atoms with Crippen LogP contribution in [0.1, 0.15) is 53.5 Å². The predicted molar refractivity (Wildman–Crippen MR) is 107 cm³/mol. The Morgan fingerprint density at radius 2 is 2.10 bits per heavy atom. The average Bonchev–Trinajstić information content (AvgIpc) is 3.18. The van der Waals surface area contributed by atoms with Gasteiger partial charge in [0, 0.05) is 19.8 Å². The van der Waals surface area contributed by atoms with Gasteiger partial charge in [0.05, 0.1) is 22.3 Å². The molecular weight excluding hydrogens is 395 g/mol. The second kappa shape index (κ2) is 7.99. The van der Waals surface area contributed by atoms with E-state index in [9.17, 15) is 9.18 Å². The van der Waals surface area contributed by atoms with E-state index in [4.69, 9.17) is 16.1 Å². The van der Waals surface area contributed by atoms with Gasteiger partial charge in [-0.2, -0.15) is 5.10 Å². The molecule has 2 aromatic heterocycles. The van der Waals surface area contributed by atoms with Crippen LogP contribution in [-0.4, -0.2) is 32.3 Å². The largest absolute Gasteiger partial charge is 0.360 e. The quantitative estimate of drug-likeness (QED) is 0.607. The second-order valence-corrected chi connectivity index (χ2v) is 7.74. The van der Waals surface area contributed by atoms with Crippen LogP contribution in [-0.2, 0) is 7.05 Å². The molecule has 3 heterocycles. The zero-order valence-corrected chi connectivity index (χ0v) is 17.1. The fourth-order valence-electron chi connectivity index (χ4n) is 3.93. The van der Waals surface area contributed by atoms with Gasteiger partial charge in [0.25, 0.3) is 5.91 Å². The van der Waals surface area contributed by atoms with Crippen molar-refractivity contribution in [1.29, 1.82) is 0 Å². The third-order valence-electron chi connectivity index (χ3n) is 5.37. The van der Waals surface area contributed by atoms with Crippen molar-refractivity contribution in [1.82, 2.24) is 19.8 Å². The molecule has 0 bridgehead atoms. The fourth-order valence-corrected chi connectivity index (χ4v) is 4.18. The predicted octanol–water partition coefficient (Wildman–Crippen LogP) is 4.93. The van der Waals surface area contributed by atoms with E-state index < -0.39 is 5.82 Å². The highest BCUT2D eigenvalue weighted by Gasteiger charge is 2.34. The summed E-state index contributed by atoms with van der Waals surface area (Å²) in [6.45, 7) is 2.25. The first-order chi connectivity index (χ1) is 14.0. The molecule has 1 aliphatic rings. The maximum absolute atomic E-state index is 14.5. The van der Waals surface area contributed by atoms with Crippen LogP contribution in [0.15, 0.2) is 35.0 Å². The molecule has 29 heavy (non-hydrogen) atoms. The van der Waals surface area contributed by atoms with Gasteiger partial charge in [-0.25, -0.2) is 4.39 Å². The second-order valence-electron chi connectivity index (χ2n) is 7.34. The summed E-state index contributed by atoms with van der Waals surface area (Å²) < 4.78 is 21.6. The number of rotatable bonds is 3. The molecule has 0 radical (unpaired) electrons. The summed E-state index contributed by atoms with van der Waals surface area (Å²) in [5.74, 6) is -0.444. The van der Waals surface area contributed by atoms with E-state index in [1.54, 1.807) is 17.7 Å². The fraction of sp³-hybridized carbons (Fsp3) is 0.381. The number of aromatic nitrogens is 3. The number of halogens is 2. The molecule has 1 aliphatic heterocycles. The third kappa shape index (κ3) is 3.67. The van der Waals surface area contributed by atoms with E-state index >= 15 is 0 Å². The van der Waals surface area contributed by atoms with Crippen LogP contribution in [0.4, 0.5) is 4.39 Å². The lowest BCUT2D eigenvalue weighted by Crippen LogP contribution is -2.35. The molecule has 0 spiro atoms. The number of likely N-dealkylation sites (tertiary alicyclic amines) is 1. The highest BCUT2D eigenvalue weighted by atomic mass is 35.5. The maximum Gasteiger partial charge on any atom is 0.260 e. The summed E-state index contributed by atoms with van der Waals surface area (Å²) in [5, 5.41) is 8.69. The van der Waals surface area contributed by atoms with Crippen LogP contribution in [0.25, 0.3) is 11.3 Å². The average molecular weight is 417 g/mol. The van der Waals surface area contributed by atoms with Crippen molar-refractivity contribution in [2.75, 3.05) is 6.54 Å². The zero-order chi connectivity index (χ0) is 20.5. The molecule has 8 heteroatoms. The first-order valence-electron chi connectivity index (χ1n) is 9.68. The lowest BCUT2D eigenvalue weighted by Gasteiger charge is -2.29. The summed E-state index contributed by atoms with van der Waals surface area (Å²) in [5.41, 5.74) is 1.32. The Hall–Kier alpha value is -2.67. The Morgan fingerprint density at radius 1 is 1.28 bits per heavy atom. The lowest BCUT2D eigenvalue weighted by molar-refractivity contribution is 0.0675. The van der Waals surface area contributed by atoms with E-state index in [-0.39, 0.29) is 33.8 Å². The number of hydrogen-bond acceptors (Lipinski definition) is 4. The van der Waals surface area contributed by atoms with Crippen LogP contribution in [0.3, 0.4) is 0 Å². The van der Waals surface area contributed by atoms with E-state index in [0.717, 1.165) is 31.4 Å². The van der Waals surface area contributed by atoms with E-state index in [1.807, 2.05) is 24.2 Å². The zero-order valence-electron chi connectivity index (χ0n) is 16.4. The maximum atomic E-state index is 14.5. The van der Waals surface area contributed by atoms with Gasteiger partial charge in [-0.15, -0.1) is 0 Å². The molecule has 0 unspecified atom stereocenters. The van der Waals surface area contributed by atoms with Crippen molar-refractivity contribution in [2.45, 2.75) is 38.6 Å². The summed E-state index contributed by atoms with van der Waals surface area (Å²) in [6.07, 6.45) is 5.65. The van der Waals surface area contributed by atoms with E-state index in [0.29, 0.717) is 12.3 Å². The first-order valence-corrected chi connectivity index (χ1v) is 10.1. The highest BCUT2D eigenvalue weighted by molar-refractivity contribution is 6.33. The third-order valence-corrected chi connectivity index (χ3v) is 5.68. The van der Waals surface area contributed by atoms with E-state index in [1.165, 1.54) is 12.1 Å². The number of carbonyl (C=O) groups is 1. The molecule has 1 saturated heterocycles. The number of carbonyl (C=O) groups excluding carboxylic acids is 1. The van der Waals surface area contributed by atoms with Crippen LogP contribution < -0.4 is 0 Å². The van der Waals surface area contributed by atoms with Crippen molar-refractivity contribution < 1.29 is 13.7 Å². The van der Waals surface area contributed by atoms with Crippen molar-refractivity contribution in [3.05, 3.63) is 58.3 Å². The molecule has 4 rings (SSSR count). The molecule has 0 saturated carbocycles. The van der Waals surface area contributed by atoms with Crippen LogP contribution >= 0.6 is 11.6 Å². The Bertz CT molecular complexity index is 1020. The van der Waals surface area contributed by atoms with Crippen LogP contribution in [0, 0.1) is 12.7 Å². The summed E-state index contributed by atoms with van der Waals surface area (Å²) in [6, 6.07) is 6.17. The Morgan fingerprint density at radius 3 is 2.83 bits per heavy atom. The van der Waals surface area contributed by atoms with Crippen LogP contribution in [0.2, 0.25) is 5.02 Å². The normalized spacial score (nSPS) is 17.4. The number of benzene rings is 1. The molecule has 1 amide bonds. The first kappa shape index (κ1) is 19.6. The van der Waals surface area contributed by atoms with Gasteiger partial charge in [-0.1, -0.05) is 35.7 Å². The van der Waals surface area contributed by atoms with Gasteiger partial charge < -0.3 is 9.42 Å². The van der Waals surface area contributed by atoms with Crippen molar-refractivity contribution in [3.63, 3.8) is 0 Å². The number of amides is 1. The molecule has 0 N–H and O–H groups in total. The van der Waals surface area contributed by atoms with Crippen molar-refractivity contribution in [3.8, 4) is 11.3 Å². The summed E-state index contributed by atoms with van der Waals surface area (Å²) >= 11 is 6.23. The van der Waals surface area contributed by atoms with E-state index in [2.05, 4.69) is 10.3 Å². The van der Waals surface area contributed by atoms with Crippen LogP contribution in [0.5, 0.6) is 0 Å². The minimum absolute atomic E-state index is 0.0820. The van der Waals surface area contributed by atoms with Gasteiger partial charge in [0.15, 0.2) is 0 Å². The minimum Gasteiger partial charge on any atom is -0.360 e. The summed E-state index contributed by atoms with van der Waals surface area (Å²) in [4.78, 5) is 15.5. The standard InChI is InChI=1S/C21H22ClFN4O2/c1-13-18(20(25-29-13)19-14(22)7-6-8-15(19)23)21(28)27-11-5-3-4-9-17(27)16-10-12-26(2)24-16/h6-8,10,12,17H,3-5,9,11H2,1-2H3/t17-/m0/s1. The molecule has 152 valence electrons. The topological polar surface area (TPSA) is 64.2 Å². The molecule has 0 aliphatic carbocycles. The number of hydrogen-bond donors (Lipinski definition) is 0. The molecule has 6 nitrogen and oxygen atoms in total. The smallest absolute Gasteiger partial charge is 0.260 e. The molecular formula is C21H22ClFN4O2. The Kier molecular flexibility index (Phi) is 5.41. The van der Waals surface area contributed by atoms with Gasteiger partial charge in [-0.3, -0.25) is 9.48 Å². The van der Waals surface area contributed by atoms with Gasteiger partial charge in [-0.05, 0) is 38.0 Å². The lowest BCUT2D eigenvalue weighted by atomic mass is 10.0. The highest BCUT2D eigenvalue weighted by Crippen LogP contribution is 2.36. The van der Waals surface area contributed by atoms with Gasteiger partial charge >= 0.3 is 0 Å². The monoisotopic (exact) mass is 416 g/mol. The minimum atomic E-state index is -0.544. The number of nitrogens with zero attached hydrogens (tertiary/aromatic N) is 4. The number of aryl methyl sites for hydroxylation is 2. The van der Waals surface area contributed by atoms with Gasteiger partial charge in [0.2, 0.25) is 0 Å². The molecule has 1 atom stereocenters. The Labute approximate surface area is 173 Å². The molecule has 1 fully saturated rings. The van der Waals surface area contributed by atoms with Crippen molar-refractivity contribution >= 4 is 17.5 Å². The molecule has 1 aromatic carbocycles. The Balaban J connectivity index is 1.78. The molecule has 3 aromatic rings. The summed E-state index contributed by atoms with van der Waals surface area (Å²) in [7, 11) is 1.86. The van der Waals surface area contributed by atoms with Crippen molar-refractivity contribution in [2.24, 2.45) is 7.05 Å². The van der Waals surface area contributed by atoms with Gasteiger partial charge in [0.1, 0.15) is 22.8 Å².